The molecule has 0 saturated heterocycles. The van der Waals surface area contributed by atoms with Gasteiger partial charge in [0.25, 0.3) is 0 Å². The highest BCUT2D eigenvalue weighted by Gasteiger charge is 2.19. The number of rotatable bonds is 7. The fraction of sp³-hybridized carbons (Fsp3) is 0.688. The van der Waals surface area contributed by atoms with Crippen molar-refractivity contribution in [1.29, 1.82) is 0 Å². The van der Waals surface area contributed by atoms with Crippen molar-refractivity contribution in [3.63, 3.8) is 0 Å². The molecule has 1 aromatic rings. The molecule has 3 nitrogen and oxygen atoms in total. The number of hydrogen-bond acceptors (Lipinski definition) is 3. The number of carboxylic acids is 1. The van der Waals surface area contributed by atoms with E-state index in [4.69, 9.17) is 0 Å². The molecule has 1 rings (SSSR count). The maximum absolute atomic E-state index is 11.2. The highest BCUT2D eigenvalue weighted by atomic mass is 32.1. The Morgan fingerprint density at radius 2 is 2.00 bits per heavy atom. The van der Waals surface area contributed by atoms with E-state index in [0.717, 1.165) is 13.0 Å². The van der Waals surface area contributed by atoms with Gasteiger partial charge in [-0.2, -0.15) is 0 Å². The molecule has 0 spiro atoms. The van der Waals surface area contributed by atoms with Crippen LogP contribution in [0.25, 0.3) is 0 Å². The van der Waals surface area contributed by atoms with Gasteiger partial charge in [0.2, 0.25) is 0 Å². The van der Waals surface area contributed by atoms with Crippen molar-refractivity contribution < 1.29 is 9.90 Å². The Labute approximate surface area is 126 Å². The van der Waals surface area contributed by atoms with Gasteiger partial charge in [-0.1, -0.05) is 34.6 Å². The van der Waals surface area contributed by atoms with E-state index in [1.54, 1.807) is 11.3 Å². The lowest BCUT2D eigenvalue weighted by atomic mass is 9.95. The second-order valence-electron chi connectivity index (χ2n) is 6.81. The standard InChI is InChI=1S/C16H27NO2S/c1-11(2)8-12(15(18)19)9-17-10-13-6-7-14(20-13)16(3,4)5/h6-7,11-12,17H,8-10H2,1-5H3,(H,18,19). The van der Waals surface area contributed by atoms with Crippen LogP contribution in [0.5, 0.6) is 0 Å². The van der Waals surface area contributed by atoms with Gasteiger partial charge in [0.15, 0.2) is 0 Å². The fourth-order valence-corrected chi connectivity index (χ4v) is 3.12. The van der Waals surface area contributed by atoms with Crippen molar-refractivity contribution in [3.05, 3.63) is 21.9 Å². The molecular formula is C16H27NO2S. The molecule has 0 aliphatic carbocycles. The Kier molecular flexibility index (Phi) is 6.21. The van der Waals surface area contributed by atoms with Crippen molar-refractivity contribution in [3.8, 4) is 0 Å². The number of carbonyl (C=O) groups is 1. The van der Waals surface area contributed by atoms with Crippen LogP contribution in [0.3, 0.4) is 0 Å². The summed E-state index contributed by atoms with van der Waals surface area (Å²) in [6.45, 7) is 12.0. The summed E-state index contributed by atoms with van der Waals surface area (Å²) < 4.78 is 0. The molecular weight excluding hydrogens is 270 g/mol. The van der Waals surface area contributed by atoms with Crippen LogP contribution in [0.4, 0.5) is 0 Å². The molecule has 0 radical (unpaired) electrons. The van der Waals surface area contributed by atoms with Crippen molar-refractivity contribution in [2.24, 2.45) is 11.8 Å². The van der Waals surface area contributed by atoms with E-state index < -0.39 is 5.97 Å². The normalized spacial score (nSPS) is 13.7. The van der Waals surface area contributed by atoms with Gasteiger partial charge in [-0.05, 0) is 29.9 Å². The van der Waals surface area contributed by atoms with Crippen LogP contribution in [-0.2, 0) is 16.8 Å². The zero-order chi connectivity index (χ0) is 15.3. The first-order chi connectivity index (χ1) is 9.20. The molecule has 0 fully saturated rings. The van der Waals surface area contributed by atoms with Crippen LogP contribution in [0.1, 0.15) is 50.8 Å². The van der Waals surface area contributed by atoms with E-state index in [0.29, 0.717) is 12.5 Å². The molecule has 0 aliphatic rings. The van der Waals surface area contributed by atoms with E-state index >= 15 is 0 Å². The maximum atomic E-state index is 11.2. The summed E-state index contributed by atoms with van der Waals surface area (Å²) in [4.78, 5) is 13.8. The van der Waals surface area contributed by atoms with E-state index in [1.807, 2.05) is 0 Å². The SMILES string of the molecule is CC(C)CC(CNCc1ccc(C(C)(C)C)s1)C(=O)O. The van der Waals surface area contributed by atoms with Crippen LogP contribution < -0.4 is 5.32 Å². The first-order valence-corrected chi connectivity index (χ1v) is 8.04. The zero-order valence-corrected chi connectivity index (χ0v) is 14.0. The Hall–Kier alpha value is -0.870. The Morgan fingerprint density at radius 3 is 2.45 bits per heavy atom. The minimum absolute atomic E-state index is 0.185. The first-order valence-electron chi connectivity index (χ1n) is 7.23. The van der Waals surface area contributed by atoms with E-state index in [9.17, 15) is 9.90 Å². The number of nitrogens with one attached hydrogen (secondary N) is 1. The predicted molar refractivity (Wildman–Crippen MR) is 85.3 cm³/mol. The van der Waals surface area contributed by atoms with Crippen molar-refractivity contribution in [2.45, 2.75) is 53.0 Å². The molecule has 20 heavy (non-hydrogen) atoms. The number of thiophene rings is 1. The molecule has 0 saturated carbocycles. The Morgan fingerprint density at radius 1 is 1.35 bits per heavy atom. The molecule has 1 heterocycles. The number of aliphatic carboxylic acids is 1. The van der Waals surface area contributed by atoms with E-state index in [-0.39, 0.29) is 11.3 Å². The summed E-state index contributed by atoms with van der Waals surface area (Å²) in [6, 6.07) is 4.31. The van der Waals surface area contributed by atoms with Crippen molar-refractivity contribution >= 4 is 17.3 Å². The third-order valence-electron chi connectivity index (χ3n) is 3.20. The molecule has 4 heteroatoms. The Balaban J connectivity index is 2.47. The average molecular weight is 297 g/mol. The van der Waals surface area contributed by atoms with Gasteiger partial charge in [0, 0.05) is 22.8 Å². The van der Waals surface area contributed by atoms with Gasteiger partial charge in [-0.15, -0.1) is 11.3 Å². The van der Waals surface area contributed by atoms with Gasteiger partial charge < -0.3 is 10.4 Å². The average Bonchev–Trinajstić information content (AvgIpc) is 2.75. The summed E-state index contributed by atoms with van der Waals surface area (Å²) in [5.41, 5.74) is 0.185. The van der Waals surface area contributed by atoms with Gasteiger partial charge >= 0.3 is 5.97 Å². The van der Waals surface area contributed by atoms with Gasteiger partial charge in [0.05, 0.1) is 5.92 Å². The molecule has 1 atom stereocenters. The number of hydrogen-bond donors (Lipinski definition) is 2. The van der Waals surface area contributed by atoms with Crippen LogP contribution in [-0.4, -0.2) is 17.6 Å². The van der Waals surface area contributed by atoms with Crippen molar-refractivity contribution in [2.75, 3.05) is 6.54 Å². The van der Waals surface area contributed by atoms with Crippen LogP contribution >= 0.6 is 11.3 Å². The lowest BCUT2D eigenvalue weighted by molar-refractivity contribution is -0.142. The van der Waals surface area contributed by atoms with Gasteiger partial charge in [-0.3, -0.25) is 4.79 Å². The summed E-state index contributed by atoms with van der Waals surface area (Å²) in [6.07, 6.45) is 0.722. The highest BCUT2D eigenvalue weighted by Crippen LogP contribution is 2.29. The zero-order valence-electron chi connectivity index (χ0n) is 13.2. The van der Waals surface area contributed by atoms with Gasteiger partial charge in [-0.25, -0.2) is 0 Å². The Bertz CT molecular complexity index is 432. The second kappa shape index (κ2) is 7.23. The summed E-state index contributed by atoms with van der Waals surface area (Å²) >= 11 is 1.80. The summed E-state index contributed by atoms with van der Waals surface area (Å²) in [5, 5.41) is 12.5. The van der Waals surface area contributed by atoms with Crippen LogP contribution in [0, 0.1) is 11.8 Å². The third kappa shape index (κ3) is 5.63. The molecule has 0 amide bonds. The molecule has 1 unspecified atom stereocenters. The maximum Gasteiger partial charge on any atom is 0.307 e. The monoisotopic (exact) mass is 297 g/mol. The quantitative estimate of drug-likeness (QED) is 0.803. The molecule has 114 valence electrons. The fourth-order valence-electron chi connectivity index (χ4n) is 2.09. The predicted octanol–water partition coefficient (Wildman–Crippen LogP) is 3.88. The molecule has 1 aromatic heterocycles. The van der Waals surface area contributed by atoms with E-state index in [2.05, 4.69) is 52.1 Å². The largest absolute Gasteiger partial charge is 0.481 e. The molecule has 0 aromatic carbocycles. The topological polar surface area (TPSA) is 49.3 Å². The first kappa shape index (κ1) is 17.2. The number of carboxylic acid groups (broad SMARTS) is 1. The minimum atomic E-state index is -0.701. The lowest BCUT2D eigenvalue weighted by Gasteiger charge is -2.16. The molecule has 0 bridgehead atoms. The van der Waals surface area contributed by atoms with E-state index in [1.165, 1.54) is 9.75 Å². The summed E-state index contributed by atoms with van der Waals surface area (Å²) in [5.74, 6) is -0.586. The summed E-state index contributed by atoms with van der Waals surface area (Å²) in [7, 11) is 0. The van der Waals surface area contributed by atoms with Crippen LogP contribution in [0.15, 0.2) is 12.1 Å². The molecule has 2 N–H and O–H groups in total. The second-order valence-corrected chi connectivity index (χ2v) is 7.98. The lowest BCUT2D eigenvalue weighted by Crippen LogP contribution is -2.29. The highest BCUT2D eigenvalue weighted by molar-refractivity contribution is 7.12. The third-order valence-corrected chi connectivity index (χ3v) is 4.71. The van der Waals surface area contributed by atoms with Gasteiger partial charge in [0.1, 0.15) is 0 Å². The minimum Gasteiger partial charge on any atom is -0.481 e. The van der Waals surface area contributed by atoms with Crippen molar-refractivity contribution in [1.82, 2.24) is 5.32 Å². The smallest absolute Gasteiger partial charge is 0.307 e. The van der Waals surface area contributed by atoms with Crippen LogP contribution in [0.2, 0.25) is 0 Å². The molecule has 0 aliphatic heterocycles.